The molecule has 3 heteroatoms. The summed E-state index contributed by atoms with van der Waals surface area (Å²) >= 11 is 0. The lowest BCUT2D eigenvalue weighted by molar-refractivity contribution is 0.345. The molecule has 1 aliphatic rings. The van der Waals surface area contributed by atoms with Gasteiger partial charge < -0.3 is 11.1 Å². The SMILES string of the molecule is Nc1ccc2c(NCCC3CCCCC3)ccnc2c1. The van der Waals surface area contributed by atoms with Crippen molar-refractivity contribution in [3.8, 4) is 0 Å². The van der Waals surface area contributed by atoms with Gasteiger partial charge in [-0.05, 0) is 36.6 Å². The van der Waals surface area contributed by atoms with Crippen LogP contribution in [0, 0.1) is 5.92 Å². The molecule has 0 bridgehead atoms. The van der Waals surface area contributed by atoms with Gasteiger partial charge in [0.1, 0.15) is 0 Å². The molecule has 1 saturated carbocycles. The number of nitrogens with two attached hydrogens (primary N) is 1. The van der Waals surface area contributed by atoms with E-state index in [1.165, 1.54) is 44.2 Å². The van der Waals surface area contributed by atoms with Crippen molar-refractivity contribution in [1.82, 2.24) is 4.98 Å². The molecule has 1 fully saturated rings. The summed E-state index contributed by atoms with van der Waals surface area (Å²) in [5.74, 6) is 0.917. The van der Waals surface area contributed by atoms with E-state index in [1.807, 2.05) is 18.3 Å². The molecule has 3 nitrogen and oxygen atoms in total. The second-order valence-corrected chi connectivity index (χ2v) is 5.85. The van der Waals surface area contributed by atoms with Gasteiger partial charge >= 0.3 is 0 Å². The lowest BCUT2D eigenvalue weighted by Gasteiger charge is -2.21. The lowest BCUT2D eigenvalue weighted by atomic mass is 9.87. The monoisotopic (exact) mass is 269 g/mol. The Morgan fingerprint density at radius 2 is 2.00 bits per heavy atom. The van der Waals surface area contributed by atoms with Gasteiger partial charge in [0.25, 0.3) is 0 Å². The molecule has 1 aromatic heterocycles. The topological polar surface area (TPSA) is 50.9 Å². The number of nitrogens with zero attached hydrogens (tertiary/aromatic N) is 1. The van der Waals surface area contributed by atoms with Crippen LogP contribution >= 0.6 is 0 Å². The summed E-state index contributed by atoms with van der Waals surface area (Å²) in [6, 6.07) is 7.98. The molecular formula is C17H23N3. The Kier molecular flexibility index (Phi) is 4.05. The van der Waals surface area contributed by atoms with Crippen molar-refractivity contribution in [1.29, 1.82) is 0 Å². The molecule has 1 aliphatic carbocycles. The zero-order valence-electron chi connectivity index (χ0n) is 11.9. The molecule has 0 atom stereocenters. The zero-order valence-corrected chi connectivity index (χ0v) is 11.9. The summed E-state index contributed by atoms with van der Waals surface area (Å²) in [7, 11) is 0. The maximum atomic E-state index is 5.81. The molecule has 1 aromatic carbocycles. The Hall–Kier alpha value is -1.77. The first-order chi connectivity index (χ1) is 9.83. The molecule has 0 spiro atoms. The molecule has 0 unspecified atom stereocenters. The first-order valence-electron chi connectivity index (χ1n) is 7.71. The Morgan fingerprint density at radius 1 is 1.15 bits per heavy atom. The number of benzene rings is 1. The molecule has 0 aliphatic heterocycles. The number of fused-ring (bicyclic) bond motifs is 1. The highest BCUT2D eigenvalue weighted by Gasteiger charge is 2.12. The van der Waals surface area contributed by atoms with Crippen LogP contribution in [0.4, 0.5) is 11.4 Å². The lowest BCUT2D eigenvalue weighted by Crippen LogP contribution is -2.12. The average molecular weight is 269 g/mol. The molecule has 0 radical (unpaired) electrons. The number of nitrogens with one attached hydrogen (secondary N) is 1. The first kappa shape index (κ1) is 13.2. The predicted molar refractivity (Wildman–Crippen MR) is 85.8 cm³/mol. The van der Waals surface area contributed by atoms with Crippen LogP contribution in [0.15, 0.2) is 30.5 Å². The number of hydrogen-bond acceptors (Lipinski definition) is 3. The van der Waals surface area contributed by atoms with Crippen molar-refractivity contribution in [3.63, 3.8) is 0 Å². The fourth-order valence-electron chi connectivity index (χ4n) is 3.21. The molecule has 2 aromatic rings. The molecule has 106 valence electrons. The van der Waals surface area contributed by atoms with Gasteiger partial charge in [0, 0.05) is 29.5 Å². The van der Waals surface area contributed by atoms with Crippen LogP contribution in [0.3, 0.4) is 0 Å². The van der Waals surface area contributed by atoms with Crippen LogP contribution in [0.25, 0.3) is 10.9 Å². The predicted octanol–water partition coefficient (Wildman–Crippen LogP) is 4.20. The maximum absolute atomic E-state index is 5.81. The van der Waals surface area contributed by atoms with E-state index >= 15 is 0 Å². The van der Waals surface area contributed by atoms with Crippen molar-refractivity contribution in [2.45, 2.75) is 38.5 Å². The summed E-state index contributed by atoms with van der Waals surface area (Å²) in [5.41, 5.74) is 8.72. The maximum Gasteiger partial charge on any atom is 0.0743 e. The third kappa shape index (κ3) is 3.03. The minimum Gasteiger partial charge on any atom is -0.399 e. The second-order valence-electron chi connectivity index (χ2n) is 5.85. The summed E-state index contributed by atoms with van der Waals surface area (Å²) in [5, 5.41) is 4.73. The summed E-state index contributed by atoms with van der Waals surface area (Å²) < 4.78 is 0. The van der Waals surface area contributed by atoms with Crippen LogP contribution in [-0.4, -0.2) is 11.5 Å². The van der Waals surface area contributed by atoms with E-state index < -0.39 is 0 Å². The van der Waals surface area contributed by atoms with Crippen molar-refractivity contribution < 1.29 is 0 Å². The number of hydrogen-bond donors (Lipinski definition) is 2. The van der Waals surface area contributed by atoms with E-state index in [4.69, 9.17) is 5.73 Å². The van der Waals surface area contributed by atoms with E-state index in [0.717, 1.165) is 29.1 Å². The fraction of sp³-hybridized carbons (Fsp3) is 0.471. The minimum absolute atomic E-state index is 0.768. The normalized spacial score (nSPS) is 16.4. The van der Waals surface area contributed by atoms with Crippen molar-refractivity contribution >= 4 is 22.3 Å². The van der Waals surface area contributed by atoms with Gasteiger partial charge in [-0.2, -0.15) is 0 Å². The van der Waals surface area contributed by atoms with Crippen LogP contribution in [0.2, 0.25) is 0 Å². The minimum atomic E-state index is 0.768. The molecule has 3 N–H and O–H groups in total. The van der Waals surface area contributed by atoms with Crippen LogP contribution < -0.4 is 11.1 Å². The Labute approximate surface area is 120 Å². The third-order valence-electron chi connectivity index (χ3n) is 4.36. The van der Waals surface area contributed by atoms with Gasteiger partial charge in [-0.3, -0.25) is 4.98 Å². The largest absolute Gasteiger partial charge is 0.399 e. The van der Waals surface area contributed by atoms with Crippen molar-refractivity contribution in [2.75, 3.05) is 17.6 Å². The number of aromatic nitrogens is 1. The van der Waals surface area contributed by atoms with Crippen molar-refractivity contribution in [2.24, 2.45) is 5.92 Å². The highest BCUT2D eigenvalue weighted by molar-refractivity contribution is 5.92. The Balaban J connectivity index is 1.65. The number of pyridine rings is 1. The number of rotatable bonds is 4. The summed E-state index contributed by atoms with van der Waals surface area (Å²) in [4.78, 5) is 4.38. The van der Waals surface area contributed by atoms with Crippen molar-refractivity contribution in [3.05, 3.63) is 30.5 Å². The molecule has 1 heterocycles. The second kappa shape index (κ2) is 6.12. The Bertz CT molecular complexity index is 573. The summed E-state index contributed by atoms with van der Waals surface area (Å²) in [6.07, 6.45) is 10.2. The standard InChI is InChI=1S/C17H23N3/c18-14-6-7-15-16(9-11-20-17(15)12-14)19-10-8-13-4-2-1-3-5-13/h6-7,9,11-13H,1-5,8,10,18H2,(H,19,20). The molecular weight excluding hydrogens is 246 g/mol. The fourth-order valence-corrected chi connectivity index (χ4v) is 3.21. The van der Waals surface area contributed by atoms with E-state index in [1.54, 1.807) is 0 Å². The zero-order chi connectivity index (χ0) is 13.8. The molecule has 0 saturated heterocycles. The third-order valence-corrected chi connectivity index (χ3v) is 4.36. The van der Waals surface area contributed by atoms with E-state index in [-0.39, 0.29) is 0 Å². The molecule has 0 amide bonds. The molecule has 3 rings (SSSR count). The van der Waals surface area contributed by atoms with Gasteiger partial charge in [-0.15, -0.1) is 0 Å². The van der Waals surface area contributed by atoms with Crippen LogP contribution in [0.1, 0.15) is 38.5 Å². The number of nitrogen functional groups attached to an aromatic ring is 1. The van der Waals surface area contributed by atoms with E-state index in [9.17, 15) is 0 Å². The highest BCUT2D eigenvalue weighted by Crippen LogP contribution is 2.27. The van der Waals surface area contributed by atoms with Gasteiger partial charge in [0.15, 0.2) is 0 Å². The van der Waals surface area contributed by atoms with Gasteiger partial charge in [0.2, 0.25) is 0 Å². The smallest absolute Gasteiger partial charge is 0.0743 e. The van der Waals surface area contributed by atoms with E-state index in [0.29, 0.717) is 0 Å². The average Bonchev–Trinajstić information content (AvgIpc) is 2.48. The molecule has 20 heavy (non-hydrogen) atoms. The van der Waals surface area contributed by atoms with Gasteiger partial charge in [-0.1, -0.05) is 32.1 Å². The first-order valence-corrected chi connectivity index (χ1v) is 7.71. The van der Waals surface area contributed by atoms with Crippen LogP contribution in [0.5, 0.6) is 0 Å². The quantitative estimate of drug-likeness (QED) is 0.818. The van der Waals surface area contributed by atoms with E-state index in [2.05, 4.69) is 22.4 Å². The summed E-state index contributed by atoms with van der Waals surface area (Å²) in [6.45, 7) is 1.05. The van der Waals surface area contributed by atoms with Gasteiger partial charge in [0.05, 0.1) is 5.52 Å². The highest BCUT2D eigenvalue weighted by atomic mass is 14.9. The number of anilines is 2. The van der Waals surface area contributed by atoms with Crippen LogP contribution in [-0.2, 0) is 0 Å². The van der Waals surface area contributed by atoms with Gasteiger partial charge in [-0.25, -0.2) is 0 Å². The Morgan fingerprint density at radius 3 is 2.85 bits per heavy atom.